The first kappa shape index (κ1) is 21.7. The van der Waals surface area contributed by atoms with Crippen molar-refractivity contribution >= 4 is 17.8 Å². The Balaban J connectivity index is 1.26. The van der Waals surface area contributed by atoms with Crippen molar-refractivity contribution in [3.63, 3.8) is 0 Å². The van der Waals surface area contributed by atoms with Crippen molar-refractivity contribution in [2.45, 2.75) is 64.0 Å². The lowest BCUT2D eigenvalue weighted by atomic mass is 9.53. The average Bonchev–Trinajstić information content (AvgIpc) is 2.71. The van der Waals surface area contributed by atoms with E-state index in [1.807, 2.05) is 6.92 Å². The molecule has 7 heteroatoms. The summed E-state index contributed by atoms with van der Waals surface area (Å²) in [6.45, 7) is 3.54. The molecule has 0 unspecified atom stereocenters. The summed E-state index contributed by atoms with van der Waals surface area (Å²) in [5.41, 5.74) is 0.230. The van der Waals surface area contributed by atoms with E-state index in [-0.39, 0.29) is 18.0 Å². The third-order valence-electron chi connectivity index (χ3n) is 6.93. The van der Waals surface area contributed by atoms with E-state index in [2.05, 4.69) is 10.6 Å². The van der Waals surface area contributed by atoms with E-state index in [0.29, 0.717) is 17.9 Å². The molecule has 2 N–H and O–H groups in total. The quantitative estimate of drug-likeness (QED) is 0.621. The number of benzene rings is 1. The van der Waals surface area contributed by atoms with Gasteiger partial charge in [-0.1, -0.05) is 12.1 Å². The minimum atomic E-state index is -0.895. The molecule has 1 aromatic carbocycles. The second-order valence-corrected chi connectivity index (χ2v) is 9.43. The van der Waals surface area contributed by atoms with Crippen molar-refractivity contribution < 1.29 is 23.9 Å². The van der Waals surface area contributed by atoms with Crippen molar-refractivity contribution in [1.29, 1.82) is 0 Å². The molecule has 0 spiro atoms. The molecule has 4 aliphatic rings. The topological polar surface area (TPSA) is 93.7 Å². The number of para-hydroxylation sites is 1. The number of hydrogen-bond acceptors (Lipinski definition) is 5. The lowest BCUT2D eigenvalue weighted by Gasteiger charge is -2.57. The van der Waals surface area contributed by atoms with Gasteiger partial charge in [-0.2, -0.15) is 0 Å². The summed E-state index contributed by atoms with van der Waals surface area (Å²) in [5.74, 6) is 1.31. The van der Waals surface area contributed by atoms with Crippen LogP contribution in [0.3, 0.4) is 0 Å². The molecule has 0 radical (unpaired) electrons. The average molecular weight is 429 g/mol. The predicted molar refractivity (Wildman–Crippen MR) is 115 cm³/mol. The van der Waals surface area contributed by atoms with Gasteiger partial charge in [-0.25, -0.2) is 0 Å². The summed E-state index contributed by atoms with van der Waals surface area (Å²) < 4.78 is 10.7. The van der Waals surface area contributed by atoms with E-state index < -0.39 is 18.0 Å². The van der Waals surface area contributed by atoms with Crippen LogP contribution in [0.15, 0.2) is 24.3 Å². The van der Waals surface area contributed by atoms with Crippen LogP contribution in [0.25, 0.3) is 0 Å². The highest BCUT2D eigenvalue weighted by molar-refractivity contribution is 5.98. The fourth-order valence-corrected chi connectivity index (χ4v) is 6.10. The number of carbonyl (C=O) groups is 3. The van der Waals surface area contributed by atoms with Gasteiger partial charge < -0.3 is 20.1 Å². The lowest BCUT2D eigenvalue weighted by molar-refractivity contribution is -0.155. The Morgan fingerprint density at radius 3 is 2.29 bits per heavy atom. The number of hydrogen-bond donors (Lipinski definition) is 2. The third kappa shape index (κ3) is 4.86. The predicted octanol–water partition coefficient (Wildman–Crippen LogP) is 2.83. The molecule has 7 nitrogen and oxygen atoms in total. The number of ether oxygens (including phenoxy) is 2. The number of carbonyl (C=O) groups excluding carboxylic acids is 3. The summed E-state index contributed by atoms with van der Waals surface area (Å²) in [5, 5.41) is 5.77. The second kappa shape index (κ2) is 8.89. The van der Waals surface area contributed by atoms with Crippen molar-refractivity contribution in [2.24, 2.45) is 17.8 Å². The van der Waals surface area contributed by atoms with Crippen LogP contribution >= 0.6 is 0 Å². The first-order valence-electron chi connectivity index (χ1n) is 11.4. The van der Waals surface area contributed by atoms with Gasteiger partial charge in [0.25, 0.3) is 11.8 Å². The standard InChI is InChI=1S/C24H32N2O5/c1-3-30-20-7-5-4-6-19(20)23(29)25-14-21(27)31-15(2)22(28)26-24-11-16-8-17(12-24)10-18(9-16)13-24/h4-7,15-18H,3,8-14H2,1-2H3,(H,25,29)(H,26,28)/t15-,16?,17?,18?,24?/m0/s1. The molecule has 4 bridgehead atoms. The molecule has 0 aromatic heterocycles. The Hall–Kier alpha value is -2.57. The maximum Gasteiger partial charge on any atom is 0.326 e. The van der Waals surface area contributed by atoms with Crippen molar-refractivity contribution in [3.05, 3.63) is 29.8 Å². The summed E-state index contributed by atoms with van der Waals surface area (Å²) in [7, 11) is 0. The first-order valence-corrected chi connectivity index (χ1v) is 11.4. The fraction of sp³-hybridized carbons (Fsp3) is 0.625. The van der Waals surface area contributed by atoms with Crippen LogP contribution in [0.2, 0.25) is 0 Å². The maximum absolute atomic E-state index is 12.7. The Morgan fingerprint density at radius 1 is 1.06 bits per heavy atom. The molecule has 4 fully saturated rings. The van der Waals surface area contributed by atoms with Crippen LogP contribution in [0.4, 0.5) is 0 Å². The van der Waals surface area contributed by atoms with Gasteiger partial charge in [-0.05, 0) is 82.3 Å². The van der Waals surface area contributed by atoms with Gasteiger partial charge in [0.15, 0.2) is 6.10 Å². The number of esters is 1. The summed E-state index contributed by atoms with van der Waals surface area (Å²) in [4.78, 5) is 37.4. The highest BCUT2D eigenvalue weighted by Gasteiger charge is 2.51. The minimum Gasteiger partial charge on any atom is -0.493 e. The van der Waals surface area contributed by atoms with E-state index in [0.717, 1.165) is 37.0 Å². The van der Waals surface area contributed by atoms with E-state index in [9.17, 15) is 14.4 Å². The molecular weight excluding hydrogens is 396 g/mol. The van der Waals surface area contributed by atoms with E-state index >= 15 is 0 Å². The van der Waals surface area contributed by atoms with Crippen molar-refractivity contribution in [3.8, 4) is 5.75 Å². The Morgan fingerprint density at radius 2 is 1.68 bits per heavy atom. The lowest BCUT2D eigenvalue weighted by Crippen LogP contribution is -2.61. The largest absolute Gasteiger partial charge is 0.493 e. The number of nitrogens with one attached hydrogen (secondary N) is 2. The van der Waals surface area contributed by atoms with Crippen LogP contribution in [-0.4, -0.2) is 42.6 Å². The van der Waals surface area contributed by atoms with Crippen LogP contribution in [0.1, 0.15) is 62.7 Å². The fourth-order valence-electron chi connectivity index (χ4n) is 6.10. The van der Waals surface area contributed by atoms with E-state index in [1.165, 1.54) is 19.3 Å². The molecule has 0 heterocycles. The molecule has 1 atom stereocenters. The highest BCUT2D eigenvalue weighted by Crippen LogP contribution is 2.55. The zero-order valence-electron chi connectivity index (χ0n) is 18.3. The van der Waals surface area contributed by atoms with Crippen LogP contribution in [0, 0.1) is 17.8 Å². The molecule has 2 amide bonds. The van der Waals surface area contributed by atoms with Crippen LogP contribution in [0.5, 0.6) is 5.75 Å². The molecular formula is C24H32N2O5. The Kier molecular flexibility index (Phi) is 6.21. The molecule has 1 aromatic rings. The van der Waals surface area contributed by atoms with Gasteiger partial charge in [0.05, 0.1) is 12.2 Å². The van der Waals surface area contributed by atoms with Crippen molar-refractivity contribution in [1.82, 2.24) is 10.6 Å². The van der Waals surface area contributed by atoms with E-state index in [4.69, 9.17) is 9.47 Å². The summed E-state index contributed by atoms with van der Waals surface area (Å²) in [6, 6.07) is 6.84. The Bertz CT molecular complexity index is 817. The third-order valence-corrected chi connectivity index (χ3v) is 6.93. The summed E-state index contributed by atoms with van der Waals surface area (Å²) >= 11 is 0. The highest BCUT2D eigenvalue weighted by atomic mass is 16.5. The maximum atomic E-state index is 12.7. The minimum absolute atomic E-state index is 0.121. The normalized spacial score (nSPS) is 29.2. The molecule has 31 heavy (non-hydrogen) atoms. The molecule has 4 saturated carbocycles. The second-order valence-electron chi connectivity index (χ2n) is 9.43. The molecule has 5 rings (SSSR count). The SMILES string of the molecule is CCOc1ccccc1C(=O)NCC(=O)O[C@@H](C)C(=O)NC12CC3CC(CC(C3)C1)C2. The van der Waals surface area contributed by atoms with Gasteiger partial charge in [-0.15, -0.1) is 0 Å². The zero-order valence-corrected chi connectivity index (χ0v) is 18.3. The van der Waals surface area contributed by atoms with Gasteiger partial charge in [0.1, 0.15) is 12.3 Å². The van der Waals surface area contributed by atoms with Gasteiger partial charge in [0, 0.05) is 5.54 Å². The molecule has 0 aliphatic heterocycles. The van der Waals surface area contributed by atoms with Crippen LogP contribution < -0.4 is 15.4 Å². The summed E-state index contributed by atoms with van der Waals surface area (Å²) in [6.07, 6.45) is 6.12. The van der Waals surface area contributed by atoms with Gasteiger partial charge >= 0.3 is 5.97 Å². The molecule has 168 valence electrons. The monoisotopic (exact) mass is 428 g/mol. The first-order chi connectivity index (χ1) is 14.9. The number of amides is 2. The molecule has 0 saturated heterocycles. The van der Waals surface area contributed by atoms with E-state index in [1.54, 1.807) is 31.2 Å². The molecule has 4 aliphatic carbocycles. The van der Waals surface area contributed by atoms with Crippen molar-refractivity contribution in [2.75, 3.05) is 13.2 Å². The smallest absolute Gasteiger partial charge is 0.326 e. The zero-order chi connectivity index (χ0) is 22.0. The Labute approximate surface area is 183 Å². The van der Waals surface area contributed by atoms with Gasteiger partial charge in [0.2, 0.25) is 0 Å². The number of rotatable bonds is 8. The van der Waals surface area contributed by atoms with Gasteiger partial charge in [-0.3, -0.25) is 14.4 Å². The van der Waals surface area contributed by atoms with Crippen LogP contribution in [-0.2, 0) is 14.3 Å².